The fraction of sp³-hybridized carbons (Fsp3) is 0.0769. The third-order valence-electron chi connectivity index (χ3n) is 2.71. The molecule has 0 aromatic heterocycles. The van der Waals surface area contributed by atoms with Gasteiger partial charge in [-0.2, -0.15) is 8.42 Å². The lowest BCUT2D eigenvalue weighted by Crippen LogP contribution is -2.05. The molecule has 1 N–H and O–H groups in total. The van der Waals surface area contributed by atoms with E-state index in [1.54, 1.807) is 31.2 Å². The first-order valence-electron chi connectivity index (χ1n) is 5.38. The summed E-state index contributed by atoms with van der Waals surface area (Å²) in [7, 11) is -4.38. The van der Waals surface area contributed by atoms with E-state index in [0.717, 1.165) is 5.56 Å². The van der Waals surface area contributed by atoms with Crippen LogP contribution in [0.15, 0.2) is 47.4 Å². The van der Waals surface area contributed by atoms with Gasteiger partial charge in [0.15, 0.2) is 21.2 Å². The van der Waals surface area contributed by atoms with Crippen molar-refractivity contribution in [3.05, 3.63) is 51.6 Å². The van der Waals surface area contributed by atoms with Crippen molar-refractivity contribution in [1.82, 2.24) is 0 Å². The largest absolute Gasteiger partial charge is 0.295 e. The molecule has 0 saturated heterocycles. The van der Waals surface area contributed by atoms with Crippen molar-refractivity contribution in [1.29, 1.82) is 0 Å². The summed E-state index contributed by atoms with van der Waals surface area (Å²) >= 11 is -1.73. The average molecular weight is 390 g/mol. The fourth-order valence-corrected chi connectivity index (χ4v) is 5.10. The van der Waals surface area contributed by atoms with Crippen molar-refractivity contribution in [2.24, 2.45) is 0 Å². The molecule has 6 heteroatoms. The van der Waals surface area contributed by atoms with Gasteiger partial charge < -0.3 is 0 Å². The van der Waals surface area contributed by atoms with Crippen LogP contribution in [-0.2, 0) is 13.2 Å². The number of benzene rings is 2. The maximum atomic E-state index is 11.5. The molecule has 0 bridgehead atoms. The van der Waals surface area contributed by atoms with Crippen molar-refractivity contribution >= 4 is 31.3 Å². The average Bonchev–Trinajstić information content (AvgIpc) is 2.37. The minimum absolute atomic E-state index is 0.215. The Labute approximate surface area is 121 Å². The van der Waals surface area contributed by atoms with E-state index in [4.69, 9.17) is 0 Å². The van der Waals surface area contributed by atoms with Crippen LogP contribution in [0.5, 0.6) is 0 Å². The molecular weight excluding hydrogens is 379 g/mol. The lowest BCUT2D eigenvalue weighted by Gasteiger charge is -2.10. The summed E-state index contributed by atoms with van der Waals surface area (Å²) in [5, 5.41) is 0. The molecule has 0 radical (unpaired) electrons. The van der Waals surface area contributed by atoms with Crippen molar-refractivity contribution < 1.29 is 16.0 Å². The Kier molecular flexibility index (Phi) is 4.12. The van der Waals surface area contributed by atoms with Gasteiger partial charge in [0.25, 0.3) is 10.1 Å². The summed E-state index contributed by atoms with van der Waals surface area (Å²) in [5.74, 6) is 0. The van der Waals surface area contributed by atoms with Crippen LogP contribution in [0.3, 0.4) is 0 Å². The van der Waals surface area contributed by atoms with Gasteiger partial charge in [0.05, 0.1) is 3.57 Å². The molecule has 0 amide bonds. The Morgan fingerprint density at radius 2 is 1.68 bits per heavy atom. The highest BCUT2D eigenvalue weighted by Crippen LogP contribution is 2.34. The van der Waals surface area contributed by atoms with Crippen LogP contribution < -0.4 is 0 Å². The zero-order chi connectivity index (χ0) is 14.0. The smallest absolute Gasteiger partial charge is 0.282 e. The number of halogens is 1. The molecule has 0 saturated carbocycles. The van der Waals surface area contributed by atoms with Gasteiger partial charge in [-0.3, -0.25) is 7.62 Å². The van der Waals surface area contributed by atoms with Crippen LogP contribution in [0.1, 0.15) is 5.56 Å². The predicted octanol–water partition coefficient (Wildman–Crippen LogP) is 3.39. The summed E-state index contributed by atoms with van der Waals surface area (Å²) in [4.78, 5) is -0.225. The lowest BCUT2D eigenvalue weighted by atomic mass is 10.0. The van der Waals surface area contributed by atoms with E-state index in [1.165, 1.54) is 0 Å². The van der Waals surface area contributed by atoms with E-state index in [1.807, 2.05) is 18.2 Å². The van der Waals surface area contributed by atoms with Crippen molar-refractivity contribution in [3.8, 4) is 11.1 Å². The highest BCUT2D eigenvalue weighted by molar-refractivity contribution is 14.1. The minimum Gasteiger partial charge on any atom is -0.282 e. The zero-order valence-corrected chi connectivity index (χ0v) is 13.0. The molecule has 0 heterocycles. The number of hydrogen-bond donors (Lipinski definition) is 1. The molecule has 100 valence electrons. The predicted molar refractivity (Wildman–Crippen MR) is 79.8 cm³/mol. The SMILES string of the molecule is Cc1ccc(-c2ccccc2)c(I=O)c1S(=O)(=O)O. The normalized spacial score (nSPS) is 11.5. The van der Waals surface area contributed by atoms with Crippen molar-refractivity contribution in [3.63, 3.8) is 0 Å². The Morgan fingerprint density at radius 3 is 2.21 bits per heavy atom. The maximum Gasteiger partial charge on any atom is 0.295 e. The molecular formula is C13H11IO4S. The van der Waals surface area contributed by atoms with Gasteiger partial charge >= 0.3 is 0 Å². The van der Waals surface area contributed by atoms with Gasteiger partial charge in [0.1, 0.15) is 4.90 Å². The molecule has 2 aromatic carbocycles. The molecule has 19 heavy (non-hydrogen) atoms. The lowest BCUT2D eigenvalue weighted by molar-refractivity contribution is 0.482. The topological polar surface area (TPSA) is 71.4 Å². The Bertz CT molecular complexity index is 724. The zero-order valence-electron chi connectivity index (χ0n) is 10.00. The van der Waals surface area contributed by atoms with E-state index < -0.39 is 31.3 Å². The van der Waals surface area contributed by atoms with Gasteiger partial charge in [0.2, 0.25) is 0 Å². The van der Waals surface area contributed by atoms with E-state index >= 15 is 0 Å². The number of hydrogen-bond acceptors (Lipinski definition) is 3. The molecule has 0 fully saturated rings. The molecule has 0 aliphatic carbocycles. The van der Waals surface area contributed by atoms with E-state index in [0.29, 0.717) is 11.1 Å². The summed E-state index contributed by atoms with van der Waals surface area (Å²) in [6.45, 7) is 1.57. The first-order chi connectivity index (χ1) is 8.95. The molecule has 0 unspecified atom stereocenters. The quantitative estimate of drug-likeness (QED) is 0.644. The molecule has 2 rings (SSSR count). The second-order valence-corrected chi connectivity index (χ2v) is 6.87. The summed E-state index contributed by atoms with van der Waals surface area (Å²) in [5.41, 5.74) is 1.76. The van der Waals surface area contributed by atoms with E-state index in [9.17, 15) is 16.0 Å². The van der Waals surface area contributed by atoms with Crippen LogP contribution in [0.4, 0.5) is 0 Å². The number of aryl methyl sites for hydroxylation is 1. The molecule has 0 spiro atoms. The first-order valence-corrected chi connectivity index (χ1v) is 8.78. The minimum atomic E-state index is -4.38. The second kappa shape index (κ2) is 5.48. The van der Waals surface area contributed by atoms with Gasteiger partial charge in [0, 0.05) is 0 Å². The summed E-state index contributed by atoms with van der Waals surface area (Å²) in [6.07, 6.45) is 0. The Hall–Kier alpha value is -1.12. The summed E-state index contributed by atoms with van der Waals surface area (Å²) < 4.78 is 43.9. The Morgan fingerprint density at radius 1 is 1.05 bits per heavy atom. The second-order valence-electron chi connectivity index (χ2n) is 3.99. The van der Waals surface area contributed by atoms with Gasteiger partial charge in [-0.15, -0.1) is 0 Å². The van der Waals surface area contributed by atoms with Crippen molar-refractivity contribution in [2.45, 2.75) is 11.8 Å². The standard InChI is InChI=1S/C13H11IO4S/c1-9-7-8-11(10-5-3-2-4-6-10)12(14-15)13(9)19(16,17)18/h2-8H,1H3,(H,16,17,18). The molecule has 0 aliphatic rings. The molecule has 4 nitrogen and oxygen atoms in total. The Balaban J connectivity index is 2.83. The third kappa shape index (κ3) is 2.90. The monoisotopic (exact) mass is 390 g/mol. The van der Waals surface area contributed by atoms with Crippen LogP contribution in [0, 0.1) is 10.5 Å². The molecule has 0 atom stereocenters. The van der Waals surface area contributed by atoms with Crippen LogP contribution >= 0.6 is 21.2 Å². The number of rotatable bonds is 3. The summed E-state index contributed by atoms with van der Waals surface area (Å²) in [6, 6.07) is 12.4. The van der Waals surface area contributed by atoms with Gasteiger partial charge in [-0.25, -0.2) is 0 Å². The van der Waals surface area contributed by atoms with Gasteiger partial charge in [-0.05, 0) is 23.6 Å². The highest BCUT2D eigenvalue weighted by atomic mass is 127. The first kappa shape index (κ1) is 14.3. The van der Waals surface area contributed by atoms with Crippen LogP contribution in [0.2, 0.25) is 0 Å². The molecule has 0 aliphatic heterocycles. The van der Waals surface area contributed by atoms with Crippen molar-refractivity contribution in [2.75, 3.05) is 0 Å². The maximum absolute atomic E-state index is 11.5. The van der Waals surface area contributed by atoms with Crippen LogP contribution in [0.25, 0.3) is 11.1 Å². The van der Waals surface area contributed by atoms with E-state index in [2.05, 4.69) is 0 Å². The van der Waals surface area contributed by atoms with Crippen LogP contribution in [-0.4, -0.2) is 13.0 Å². The highest BCUT2D eigenvalue weighted by Gasteiger charge is 2.22. The fourth-order valence-electron chi connectivity index (χ4n) is 1.89. The van der Waals surface area contributed by atoms with Gasteiger partial charge in [-0.1, -0.05) is 42.5 Å². The van der Waals surface area contributed by atoms with E-state index in [-0.39, 0.29) is 8.47 Å². The third-order valence-corrected chi connectivity index (χ3v) is 5.68. The molecule has 2 aromatic rings.